The van der Waals surface area contributed by atoms with Crippen molar-refractivity contribution in [2.45, 2.75) is 32.6 Å². The highest BCUT2D eigenvalue weighted by Crippen LogP contribution is 2.12. The molecule has 3 nitrogen and oxygen atoms in total. The van der Waals surface area contributed by atoms with Gasteiger partial charge in [0.05, 0.1) is 5.69 Å². The van der Waals surface area contributed by atoms with Gasteiger partial charge in [-0.05, 0) is 44.5 Å². The molecular weight excluding hydrogens is 222 g/mol. The third-order valence-electron chi connectivity index (χ3n) is 3.86. The van der Waals surface area contributed by atoms with E-state index in [-0.39, 0.29) is 0 Å². The first-order valence-electron chi connectivity index (χ1n) is 6.98. The van der Waals surface area contributed by atoms with Crippen LogP contribution in [0.3, 0.4) is 0 Å². The molecule has 3 heteroatoms. The lowest BCUT2D eigenvalue weighted by Gasteiger charge is -2.25. The van der Waals surface area contributed by atoms with Crippen molar-refractivity contribution in [1.82, 2.24) is 14.3 Å². The monoisotopic (exact) mass is 243 g/mol. The molecule has 18 heavy (non-hydrogen) atoms. The highest BCUT2D eigenvalue weighted by molar-refractivity contribution is 5.47. The van der Waals surface area contributed by atoms with Crippen molar-refractivity contribution in [1.29, 1.82) is 0 Å². The normalized spacial score (nSPS) is 17.4. The van der Waals surface area contributed by atoms with Crippen LogP contribution in [0.5, 0.6) is 0 Å². The van der Waals surface area contributed by atoms with E-state index in [1.807, 2.05) is 0 Å². The number of aryl methyl sites for hydroxylation is 1. The van der Waals surface area contributed by atoms with Crippen LogP contribution in [0.1, 0.15) is 30.5 Å². The largest absolute Gasteiger partial charge is 0.307 e. The number of rotatable bonds is 3. The molecule has 0 aliphatic carbocycles. The van der Waals surface area contributed by atoms with Gasteiger partial charge in [0.2, 0.25) is 0 Å². The summed E-state index contributed by atoms with van der Waals surface area (Å²) in [6.07, 6.45) is 9.46. The minimum Gasteiger partial charge on any atom is -0.307 e. The van der Waals surface area contributed by atoms with Crippen LogP contribution >= 0.6 is 0 Å². The van der Waals surface area contributed by atoms with Crippen molar-refractivity contribution in [2.24, 2.45) is 0 Å². The summed E-state index contributed by atoms with van der Waals surface area (Å²) >= 11 is 0. The molecule has 0 unspecified atom stereocenters. The average Bonchev–Trinajstić information content (AvgIpc) is 2.82. The molecule has 2 aromatic rings. The van der Waals surface area contributed by atoms with Crippen LogP contribution in [0, 0.1) is 6.92 Å². The van der Waals surface area contributed by atoms with Gasteiger partial charge in [-0.3, -0.25) is 0 Å². The molecule has 96 valence electrons. The summed E-state index contributed by atoms with van der Waals surface area (Å²) < 4.78 is 2.14. The lowest BCUT2D eigenvalue weighted by Crippen LogP contribution is -2.31. The molecule has 1 fully saturated rings. The van der Waals surface area contributed by atoms with Gasteiger partial charge < -0.3 is 9.30 Å². The van der Waals surface area contributed by atoms with Crippen LogP contribution in [-0.2, 0) is 6.42 Å². The van der Waals surface area contributed by atoms with Crippen LogP contribution < -0.4 is 0 Å². The first-order valence-corrected chi connectivity index (χ1v) is 6.98. The van der Waals surface area contributed by atoms with E-state index in [2.05, 4.69) is 40.8 Å². The molecule has 0 bridgehead atoms. The molecular formula is C15H21N3. The molecule has 1 saturated heterocycles. The third kappa shape index (κ3) is 2.41. The molecule has 3 rings (SSSR count). The number of hydrogen-bond acceptors (Lipinski definition) is 2. The van der Waals surface area contributed by atoms with Crippen molar-refractivity contribution in [2.75, 3.05) is 19.6 Å². The minimum absolute atomic E-state index is 1.07. The second-order valence-corrected chi connectivity index (χ2v) is 5.31. The molecule has 1 aliphatic heterocycles. The van der Waals surface area contributed by atoms with Gasteiger partial charge >= 0.3 is 0 Å². The molecule has 0 N–H and O–H groups in total. The van der Waals surface area contributed by atoms with Crippen molar-refractivity contribution < 1.29 is 0 Å². The quantitative estimate of drug-likeness (QED) is 0.826. The Balaban J connectivity index is 1.69. The van der Waals surface area contributed by atoms with Crippen molar-refractivity contribution in [3.05, 3.63) is 35.8 Å². The number of fused-ring (bicyclic) bond motifs is 1. The van der Waals surface area contributed by atoms with Gasteiger partial charge in [0.1, 0.15) is 5.65 Å². The lowest BCUT2D eigenvalue weighted by atomic mass is 10.1. The fourth-order valence-electron chi connectivity index (χ4n) is 2.78. The van der Waals surface area contributed by atoms with Gasteiger partial charge in [0, 0.05) is 25.4 Å². The highest BCUT2D eigenvalue weighted by atomic mass is 15.1. The molecule has 0 amide bonds. The maximum absolute atomic E-state index is 4.73. The zero-order valence-electron chi connectivity index (χ0n) is 11.1. The van der Waals surface area contributed by atoms with Crippen LogP contribution in [0.2, 0.25) is 0 Å². The maximum atomic E-state index is 4.73. The van der Waals surface area contributed by atoms with Gasteiger partial charge in [-0.15, -0.1) is 0 Å². The van der Waals surface area contributed by atoms with Crippen molar-refractivity contribution in [3.8, 4) is 0 Å². The van der Waals surface area contributed by atoms with Gasteiger partial charge in [0.25, 0.3) is 0 Å². The summed E-state index contributed by atoms with van der Waals surface area (Å²) in [7, 11) is 0. The van der Waals surface area contributed by atoms with E-state index in [1.54, 1.807) is 0 Å². The Bertz CT molecular complexity index is 524. The first kappa shape index (κ1) is 11.7. The number of pyridine rings is 1. The fraction of sp³-hybridized carbons (Fsp3) is 0.533. The summed E-state index contributed by atoms with van der Waals surface area (Å²) in [4.78, 5) is 7.30. The zero-order valence-corrected chi connectivity index (χ0v) is 11.1. The Labute approximate surface area is 108 Å². The molecule has 0 spiro atoms. The molecule has 1 aliphatic rings. The number of hydrogen-bond donors (Lipinski definition) is 0. The molecule has 0 radical (unpaired) electrons. The summed E-state index contributed by atoms with van der Waals surface area (Å²) in [5.41, 5.74) is 3.57. The number of imidazole rings is 1. The van der Waals surface area contributed by atoms with E-state index in [4.69, 9.17) is 4.98 Å². The molecule has 0 saturated carbocycles. The van der Waals surface area contributed by atoms with Gasteiger partial charge in [-0.2, -0.15) is 0 Å². The maximum Gasteiger partial charge on any atom is 0.139 e. The van der Waals surface area contributed by atoms with E-state index < -0.39 is 0 Å². The summed E-state index contributed by atoms with van der Waals surface area (Å²) in [5.74, 6) is 0. The predicted octanol–water partition coefficient (Wildman–Crippen LogP) is 2.67. The minimum atomic E-state index is 1.07. The first-order chi connectivity index (χ1) is 8.83. The average molecular weight is 243 g/mol. The van der Waals surface area contributed by atoms with E-state index in [9.17, 15) is 0 Å². The second kappa shape index (κ2) is 5.11. The fourth-order valence-corrected chi connectivity index (χ4v) is 2.78. The summed E-state index contributed by atoms with van der Waals surface area (Å²) in [6.45, 7) is 5.82. The van der Waals surface area contributed by atoms with Crippen molar-refractivity contribution >= 4 is 5.65 Å². The van der Waals surface area contributed by atoms with Crippen molar-refractivity contribution in [3.63, 3.8) is 0 Å². The van der Waals surface area contributed by atoms with Gasteiger partial charge in [0.15, 0.2) is 0 Å². The summed E-state index contributed by atoms with van der Waals surface area (Å²) in [5, 5.41) is 0. The standard InChI is InChI=1S/C15H21N3/c1-13-6-5-10-18-12-14(16-15(13)18)7-11-17-8-3-2-4-9-17/h5-6,10,12H,2-4,7-9,11H2,1H3. The zero-order chi connectivity index (χ0) is 12.4. The Hall–Kier alpha value is -1.35. The topological polar surface area (TPSA) is 20.5 Å². The Morgan fingerprint density at radius 2 is 2.06 bits per heavy atom. The lowest BCUT2D eigenvalue weighted by molar-refractivity contribution is 0.231. The number of piperidine rings is 1. The number of likely N-dealkylation sites (tertiary alicyclic amines) is 1. The smallest absolute Gasteiger partial charge is 0.139 e. The van der Waals surface area contributed by atoms with Crippen LogP contribution in [-0.4, -0.2) is 33.9 Å². The van der Waals surface area contributed by atoms with E-state index in [0.717, 1.165) is 18.6 Å². The molecule has 2 aromatic heterocycles. The molecule has 0 aromatic carbocycles. The predicted molar refractivity (Wildman–Crippen MR) is 73.9 cm³/mol. The Kier molecular flexibility index (Phi) is 3.33. The van der Waals surface area contributed by atoms with E-state index in [0.29, 0.717) is 0 Å². The van der Waals surface area contributed by atoms with Gasteiger partial charge in [-0.25, -0.2) is 4.98 Å². The van der Waals surface area contributed by atoms with Gasteiger partial charge in [-0.1, -0.05) is 12.5 Å². The number of nitrogens with zero attached hydrogens (tertiary/aromatic N) is 3. The highest BCUT2D eigenvalue weighted by Gasteiger charge is 2.11. The molecule has 3 heterocycles. The van der Waals surface area contributed by atoms with Crippen LogP contribution in [0.25, 0.3) is 5.65 Å². The Morgan fingerprint density at radius 3 is 2.83 bits per heavy atom. The van der Waals surface area contributed by atoms with Crippen LogP contribution in [0.15, 0.2) is 24.5 Å². The Morgan fingerprint density at radius 1 is 1.22 bits per heavy atom. The summed E-state index contributed by atoms with van der Waals surface area (Å²) in [6, 6.07) is 4.20. The number of aromatic nitrogens is 2. The third-order valence-corrected chi connectivity index (χ3v) is 3.86. The molecule has 0 atom stereocenters. The van der Waals surface area contributed by atoms with Crippen LogP contribution in [0.4, 0.5) is 0 Å². The van der Waals surface area contributed by atoms with E-state index >= 15 is 0 Å². The second-order valence-electron chi connectivity index (χ2n) is 5.31. The van der Waals surface area contributed by atoms with E-state index in [1.165, 1.54) is 43.6 Å². The SMILES string of the molecule is Cc1cccn2cc(CCN3CCCCC3)nc12.